The minimum absolute atomic E-state index is 0.0711. The number of rotatable bonds is 12. The maximum Gasteiger partial charge on any atom is 0.305 e. The summed E-state index contributed by atoms with van der Waals surface area (Å²) in [5, 5.41) is 10.6. The van der Waals surface area contributed by atoms with E-state index in [1.54, 1.807) is 0 Å². The number of aliphatic hydroxyl groups is 1. The highest BCUT2D eigenvalue weighted by molar-refractivity contribution is 5.79. The van der Waals surface area contributed by atoms with Crippen LogP contribution >= 0.6 is 0 Å². The summed E-state index contributed by atoms with van der Waals surface area (Å²) in [4.78, 5) is 25.3. The van der Waals surface area contributed by atoms with E-state index < -0.39 is 6.10 Å². The van der Waals surface area contributed by atoms with Crippen LogP contribution in [0.2, 0.25) is 0 Å². The monoisotopic (exact) mass is 405 g/mol. The average Bonchev–Trinajstić information content (AvgIpc) is 3.05. The van der Waals surface area contributed by atoms with Crippen molar-refractivity contribution in [3.05, 3.63) is 12.2 Å². The third-order valence-corrected chi connectivity index (χ3v) is 5.60. The minimum atomic E-state index is -0.544. The van der Waals surface area contributed by atoms with Crippen LogP contribution in [0.15, 0.2) is 12.2 Å². The first-order chi connectivity index (χ1) is 13.9. The van der Waals surface area contributed by atoms with Crippen molar-refractivity contribution in [2.24, 2.45) is 11.8 Å². The van der Waals surface area contributed by atoms with Gasteiger partial charge in [0.05, 0.1) is 19.3 Å². The highest BCUT2D eigenvalue weighted by Crippen LogP contribution is 2.24. The number of carbonyl (C=O) groups is 2. The van der Waals surface area contributed by atoms with Crippen molar-refractivity contribution in [3.63, 3.8) is 0 Å². The second-order valence-electron chi connectivity index (χ2n) is 8.13. The van der Waals surface area contributed by atoms with Crippen molar-refractivity contribution in [1.82, 2.24) is 4.90 Å². The maximum atomic E-state index is 12.2. The number of ether oxygens (including phenoxy) is 1. The summed E-state index contributed by atoms with van der Waals surface area (Å²) in [6.45, 7) is 6.98. The summed E-state index contributed by atoms with van der Waals surface area (Å²) in [5.74, 6) is 6.71. The van der Waals surface area contributed by atoms with Crippen LogP contribution in [0.5, 0.6) is 0 Å². The quantitative estimate of drug-likeness (QED) is 0.230. The molecule has 1 fully saturated rings. The fourth-order valence-electron chi connectivity index (χ4n) is 3.70. The first kappa shape index (κ1) is 25.2. The Morgan fingerprint density at radius 1 is 1.28 bits per heavy atom. The zero-order valence-corrected chi connectivity index (χ0v) is 18.7. The molecule has 1 rings (SSSR count). The SMILES string of the molecule is CCC#CC[C@H](C(C)C)[C@H](O)C=C[C@H]1CCC(=O)N1CCCCCCC(=O)OC. The predicted octanol–water partition coefficient (Wildman–Crippen LogP) is 4.09. The van der Waals surface area contributed by atoms with Crippen LogP contribution in [0.3, 0.4) is 0 Å². The summed E-state index contributed by atoms with van der Waals surface area (Å²) < 4.78 is 4.64. The van der Waals surface area contributed by atoms with Gasteiger partial charge in [0.1, 0.15) is 0 Å². The summed E-state index contributed by atoms with van der Waals surface area (Å²) in [6, 6.07) is 0.0711. The third kappa shape index (κ3) is 9.49. The molecule has 5 nitrogen and oxygen atoms in total. The van der Waals surface area contributed by atoms with E-state index >= 15 is 0 Å². The average molecular weight is 406 g/mol. The van der Waals surface area contributed by atoms with E-state index in [1.807, 2.05) is 24.0 Å². The van der Waals surface area contributed by atoms with Gasteiger partial charge in [-0.3, -0.25) is 9.59 Å². The first-order valence-electron chi connectivity index (χ1n) is 11.1. The number of carbonyl (C=O) groups excluding carboxylic acids is 2. The molecular weight excluding hydrogens is 366 g/mol. The van der Waals surface area contributed by atoms with Gasteiger partial charge in [-0.05, 0) is 25.2 Å². The number of hydrogen-bond donors (Lipinski definition) is 1. The van der Waals surface area contributed by atoms with Crippen molar-refractivity contribution >= 4 is 11.9 Å². The van der Waals surface area contributed by atoms with Crippen molar-refractivity contribution < 1.29 is 19.4 Å². The van der Waals surface area contributed by atoms with E-state index in [4.69, 9.17) is 0 Å². The number of aliphatic hydroxyl groups excluding tert-OH is 1. The molecule has 0 aromatic rings. The zero-order valence-electron chi connectivity index (χ0n) is 18.7. The molecule has 5 heteroatoms. The van der Waals surface area contributed by atoms with Crippen LogP contribution in [-0.4, -0.2) is 47.7 Å². The number of likely N-dealkylation sites (tertiary alicyclic amines) is 1. The molecule has 1 heterocycles. The van der Waals surface area contributed by atoms with Gasteiger partial charge in [-0.2, -0.15) is 0 Å². The number of amides is 1. The Labute approximate surface area is 176 Å². The molecule has 0 bridgehead atoms. The third-order valence-electron chi connectivity index (χ3n) is 5.60. The number of methoxy groups -OCH3 is 1. The van der Waals surface area contributed by atoms with Crippen molar-refractivity contribution in [2.45, 2.75) is 90.7 Å². The number of hydrogen-bond acceptors (Lipinski definition) is 4. The number of nitrogens with zero attached hydrogens (tertiary/aromatic N) is 1. The lowest BCUT2D eigenvalue weighted by Gasteiger charge is -2.25. The summed E-state index contributed by atoms with van der Waals surface area (Å²) in [6.07, 6.45) is 10.4. The summed E-state index contributed by atoms with van der Waals surface area (Å²) >= 11 is 0. The normalized spacial score (nSPS) is 18.8. The van der Waals surface area contributed by atoms with Gasteiger partial charge in [0, 0.05) is 38.1 Å². The van der Waals surface area contributed by atoms with E-state index in [0.29, 0.717) is 25.2 Å². The van der Waals surface area contributed by atoms with Crippen LogP contribution < -0.4 is 0 Å². The molecule has 0 aliphatic carbocycles. The van der Waals surface area contributed by atoms with Gasteiger partial charge < -0.3 is 14.7 Å². The van der Waals surface area contributed by atoms with Crippen LogP contribution in [-0.2, 0) is 14.3 Å². The molecule has 1 aliphatic rings. The molecule has 0 unspecified atom stereocenters. The molecule has 1 saturated heterocycles. The van der Waals surface area contributed by atoms with E-state index in [9.17, 15) is 14.7 Å². The molecule has 1 aliphatic heterocycles. The van der Waals surface area contributed by atoms with Gasteiger partial charge in [-0.25, -0.2) is 0 Å². The topological polar surface area (TPSA) is 66.8 Å². The fraction of sp³-hybridized carbons (Fsp3) is 0.750. The van der Waals surface area contributed by atoms with Crippen molar-refractivity contribution in [1.29, 1.82) is 0 Å². The Bertz CT molecular complexity index is 587. The number of unbranched alkanes of at least 4 members (excludes halogenated alkanes) is 3. The molecule has 1 N–H and O–H groups in total. The minimum Gasteiger partial charge on any atom is -0.469 e. The van der Waals surface area contributed by atoms with Crippen molar-refractivity contribution in [2.75, 3.05) is 13.7 Å². The lowest BCUT2D eigenvalue weighted by Crippen LogP contribution is -2.33. The van der Waals surface area contributed by atoms with Crippen LogP contribution in [0.1, 0.15) is 78.6 Å². The van der Waals surface area contributed by atoms with Gasteiger partial charge in [0.2, 0.25) is 5.91 Å². The molecule has 0 saturated carbocycles. The molecule has 164 valence electrons. The van der Waals surface area contributed by atoms with Gasteiger partial charge in [-0.15, -0.1) is 11.8 Å². The Kier molecular flexibility index (Phi) is 12.4. The first-order valence-corrected chi connectivity index (χ1v) is 11.1. The number of esters is 1. The highest BCUT2D eigenvalue weighted by Gasteiger charge is 2.29. The largest absolute Gasteiger partial charge is 0.469 e. The van der Waals surface area contributed by atoms with Crippen LogP contribution in [0.25, 0.3) is 0 Å². The smallest absolute Gasteiger partial charge is 0.305 e. The second kappa shape index (κ2) is 14.2. The molecule has 0 radical (unpaired) electrons. The fourth-order valence-corrected chi connectivity index (χ4v) is 3.70. The van der Waals surface area contributed by atoms with Crippen LogP contribution in [0, 0.1) is 23.7 Å². The van der Waals surface area contributed by atoms with Gasteiger partial charge in [-0.1, -0.05) is 45.8 Å². The standard InChI is InChI=1S/C24H39NO4/c1-5-6-9-12-21(19(2)3)22(26)16-14-20-15-17-23(27)25(20)18-11-8-7-10-13-24(28)29-4/h14,16,19-22,26H,5,7-8,10-13,15,17-18H2,1-4H3/t20-,21+,22+/m0/s1. The van der Waals surface area contributed by atoms with E-state index in [2.05, 4.69) is 30.4 Å². The Morgan fingerprint density at radius 3 is 2.66 bits per heavy atom. The highest BCUT2D eigenvalue weighted by atomic mass is 16.5. The van der Waals surface area contributed by atoms with Gasteiger partial charge >= 0.3 is 5.97 Å². The lowest BCUT2D eigenvalue weighted by atomic mass is 9.87. The molecule has 3 atom stereocenters. The zero-order chi connectivity index (χ0) is 21.6. The Balaban J connectivity index is 2.49. The lowest BCUT2D eigenvalue weighted by molar-refractivity contribution is -0.140. The molecule has 1 amide bonds. The Morgan fingerprint density at radius 2 is 2.00 bits per heavy atom. The maximum absolute atomic E-state index is 12.2. The van der Waals surface area contributed by atoms with E-state index in [-0.39, 0.29) is 23.8 Å². The van der Waals surface area contributed by atoms with Gasteiger partial charge in [0.25, 0.3) is 0 Å². The Hall–Kier alpha value is -1.80. The van der Waals surface area contributed by atoms with E-state index in [0.717, 1.165) is 45.1 Å². The summed E-state index contributed by atoms with van der Waals surface area (Å²) in [5.41, 5.74) is 0. The molecule has 29 heavy (non-hydrogen) atoms. The van der Waals surface area contributed by atoms with Crippen LogP contribution in [0.4, 0.5) is 0 Å². The second-order valence-corrected chi connectivity index (χ2v) is 8.13. The molecule has 0 spiro atoms. The van der Waals surface area contributed by atoms with Crippen molar-refractivity contribution in [3.8, 4) is 11.8 Å². The van der Waals surface area contributed by atoms with E-state index in [1.165, 1.54) is 7.11 Å². The predicted molar refractivity (Wildman–Crippen MR) is 116 cm³/mol. The van der Waals surface area contributed by atoms with Gasteiger partial charge in [0.15, 0.2) is 0 Å². The molecular formula is C24H39NO4. The molecule has 0 aromatic carbocycles. The molecule has 0 aromatic heterocycles. The summed E-state index contributed by atoms with van der Waals surface area (Å²) in [7, 11) is 1.41.